The zero-order valence-corrected chi connectivity index (χ0v) is 15.4. The molecule has 0 aliphatic heterocycles. The second-order valence-corrected chi connectivity index (χ2v) is 6.96. The molecular weight excluding hydrogens is 347 g/mol. The summed E-state index contributed by atoms with van der Waals surface area (Å²) in [5, 5.41) is 5.98. The molecule has 0 aliphatic rings. The molecule has 2 aromatic carbocycles. The molecule has 0 aliphatic carbocycles. The fraction of sp³-hybridized carbons (Fsp3) is 0.238. The van der Waals surface area contributed by atoms with Gasteiger partial charge >= 0.3 is 0 Å². The summed E-state index contributed by atoms with van der Waals surface area (Å²) in [5.41, 5.74) is 2.78. The second-order valence-electron chi connectivity index (χ2n) is 6.07. The zero-order valence-electron chi connectivity index (χ0n) is 14.5. The van der Waals surface area contributed by atoms with Crippen LogP contribution in [0.5, 0.6) is 0 Å². The van der Waals surface area contributed by atoms with Crippen molar-refractivity contribution in [2.45, 2.75) is 32.2 Å². The van der Waals surface area contributed by atoms with Gasteiger partial charge < -0.3 is 5.32 Å². The molecule has 3 rings (SSSR count). The van der Waals surface area contributed by atoms with Gasteiger partial charge in [0.2, 0.25) is 5.91 Å². The molecule has 1 radical (unpaired) electrons. The van der Waals surface area contributed by atoms with Crippen LogP contribution in [0.2, 0.25) is 0 Å². The van der Waals surface area contributed by atoms with E-state index in [1.165, 1.54) is 12.1 Å². The first-order chi connectivity index (χ1) is 12.6. The van der Waals surface area contributed by atoms with Gasteiger partial charge in [-0.05, 0) is 42.2 Å². The molecule has 5 heteroatoms. The van der Waals surface area contributed by atoms with Crippen molar-refractivity contribution >= 4 is 17.2 Å². The van der Waals surface area contributed by atoms with E-state index in [0.717, 1.165) is 22.7 Å². The van der Waals surface area contributed by atoms with Crippen LogP contribution in [-0.2, 0) is 24.1 Å². The third-order valence-corrected chi connectivity index (χ3v) is 5.05. The maximum atomic E-state index is 13.3. The Balaban J connectivity index is 1.75. The first-order valence-corrected chi connectivity index (χ1v) is 9.45. The van der Waals surface area contributed by atoms with Crippen LogP contribution in [0.15, 0.2) is 53.9 Å². The molecule has 3 aromatic rings. The van der Waals surface area contributed by atoms with Crippen LogP contribution in [0.1, 0.15) is 34.8 Å². The number of carbonyl (C=O) groups excluding carboxylic acids is 1. The van der Waals surface area contributed by atoms with Crippen molar-refractivity contribution in [2.24, 2.45) is 0 Å². The number of benzene rings is 2. The number of carbonyl (C=O) groups is 1. The van der Waals surface area contributed by atoms with Crippen molar-refractivity contribution in [1.82, 2.24) is 10.3 Å². The molecule has 1 amide bonds. The number of thiazole rings is 1. The van der Waals surface area contributed by atoms with Crippen LogP contribution in [0.4, 0.5) is 4.39 Å². The van der Waals surface area contributed by atoms with Crippen molar-refractivity contribution in [3.8, 4) is 0 Å². The minimum Gasteiger partial charge on any atom is -0.346 e. The molecule has 3 nitrogen and oxygen atoms in total. The number of hydrogen-bond donors (Lipinski definition) is 1. The van der Waals surface area contributed by atoms with Gasteiger partial charge in [0.25, 0.3) is 0 Å². The third kappa shape index (κ3) is 4.99. The summed E-state index contributed by atoms with van der Waals surface area (Å²) in [5.74, 6) is -0.476. The van der Waals surface area contributed by atoms with Gasteiger partial charge in [-0.25, -0.2) is 9.37 Å². The number of nitrogens with one attached hydrogen (secondary N) is 1. The highest BCUT2D eigenvalue weighted by molar-refractivity contribution is 7.09. The predicted octanol–water partition coefficient (Wildman–Crippen LogP) is 4.29. The van der Waals surface area contributed by atoms with Crippen molar-refractivity contribution in [3.05, 3.63) is 87.6 Å². The Hall–Kier alpha value is -2.53. The van der Waals surface area contributed by atoms with E-state index in [2.05, 4.69) is 23.3 Å². The molecule has 0 unspecified atom stereocenters. The first kappa shape index (κ1) is 18.3. The fourth-order valence-corrected chi connectivity index (χ4v) is 3.67. The Bertz CT molecular complexity index is 863. The highest BCUT2D eigenvalue weighted by atomic mass is 32.1. The van der Waals surface area contributed by atoms with Crippen LogP contribution in [0.3, 0.4) is 0 Å². The lowest BCUT2D eigenvalue weighted by Gasteiger charge is -2.17. The van der Waals surface area contributed by atoms with Crippen molar-refractivity contribution in [2.75, 3.05) is 0 Å². The molecule has 0 fully saturated rings. The lowest BCUT2D eigenvalue weighted by atomic mass is 10.1. The van der Waals surface area contributed by atoms with Gasteiger partial charge in [0, 0.05) is 5.38 Å². The number of rotatable bonds is 7. The van der Waals surface area contributed by atoms with E-state index in [-0.39, 0.29) is 24.2 Å². The maximum absolute atomic E-state index is 13.3. The maximum Gasteiger partial charge on any atom is 0.224 e. The number of hydrogen-bond acceptors (Lipinski definition) is 3. The van der Waals surface area contributed by atoms with Gasteiger partial charge in [0.15, 0.2) is 0 Å². The molecule has 0 spiro atoms. The Morgan fingerprint density at radius 2 is 2.08 bits per heavy atom. The molecule has 0 saturated heterocycles. The van der Waals surface area contributed by atoms with E-state index in [1.54, 1.807) is 23.5 Å². The summed E-state index contributed by atoms with van der Waals surface area (Å²) in [6, 6.07) is 16.6. The topological polar surface area (TPSA) is 42.0 Å². The summed E-state index contributed by atoms with van der Waals surface area (Å²) >= 11 is 1.56. The van der Waals surface area contributed by atoms with Gasteiger partial charge in [-0.15, -0.1) is 11.3 Å². The average Bonchev–Trinajstić information content (AvgIpc) is 3.11. The molecule has 1 heterocycles. The summed E-state index contributed by atoms with van der Waals surface area (Å²) in [7, 11) is 0. The highest BCUT2D eigenvalue weighted by Crippen LogP contribution is 2.23. The van der Waals surface area contributed by atoms with Gasteiger partial charge in [0.05, 0.1) is 18.2 Å². The normalized spacial score (nSPS) is 11.9. The smallest absolute Gasteiger partial charge is 0.224 e. The number of nitrogens with zero attached hydrogens (tertiary/aromatic N) is 1. The Labute approximate surface area is 156 Å². The largest absolute Gasteiger partial charge is 0.346 e. The Morgan fingerprint density at radius 1 is 1.27 bits per heavy atom. The van der Waals surface area contributed by atoms with Crippen LogP contribution < -0.4 is 5.32 Å². The van der Waals surface area contributed by atoms with E-state index in [9.17, 15) is 9.18 Å². The van der Waals surface area contributed by atoms with Crippen molar-refractivity contribution in [3.63, 3.8) is 0 Å². The SMILES string of the molecule is CCc1csc([C@H](Cc2cc[c]cc2)NC(=O)Cc2cccc(F)c2)n1. The van der Waals surface area contributed by atoms with Crippen LogP contribution in [0, 0.1) is 11.9 Å². The van der Waals surface area contributed by atoms with E-state index in [4.69, 9.17) is 0 Å². The van der Waals surface area contributed by atoms with Crippen LogP contribution in [0.25, 0.3) is 0 Å². The first-order valence-electron chi connectivity index (χ1n) is 8.57. The molecule has 0 bridgehead atoms. The quantitative estimate of drug-likeness (QED) is 0.677. The molecular formula is C21H20FN2OS. The Kier molecular flexibility index (Phi) is 6.12. The standard InChI is InChI=1S/C21H20FN2OS/c1-2-18-14-26-21(23-18)19(12-15-7-4-3-5-8-15)24-20(25)13-16-9-6-10-17(22)11-16/h4-11,14,19H,2,12-13H2,1H3,(H,24,25)/t19-/m0/s1. The molecule has 1 N–H and O–H groups in total. The summed E-state index contributed by atoms with van der Waals surface area (Å²) in [6.45, 7) is 2.06. The monoisotopic (exact) mass is 367 g/mol. The number of amides is 1. The summed E-state index contributed by atoms with van der Waals surface area (Å²) in [6.07, 6.45) is 1.66. The van der Waals surface area contributed by atoms with Crippen LogP contribution >= 0.6 is 11.3 Å². The number of aromatic nitrogens is 1. The van der Waals surface area contributed by atoms with Gasteiger partial charge in [-0.2, -0.15) is 0 Å². The Morgan fingerprint density at radius 3 is 2.77 bits per heavy atom. The minimum atomic E-state index is -0.333. The molecule has 1 atom stereocenters. The number of aryl methyl sites for hydroxylation is 1. The molecule has 1 aromatic heterocycles. The van der Waals surface area contributed by atoms with E-state index < -0.39 is 0 Å². The van der Waals surface area contributed by atoms with Crippen molar-refractivity contribution in [1.29, 1.82) is 0 Å². The third-order valence-electron chi connectivity index (χ3n) is 4.05. The second kappa shape index (κ2) is 8.72. The lowest BCUT2D eigenvalue weighted by Crippen LogP contribution is -2.31. The fourth-order valence-electron chi connectivity index (χ4n) is 2.72. The van der Waals surface area contributed by atoms with E-state index >= 15 is 0 Å². The molecule has 0 saturated carbocycles. The molecule has 26 heavy (non-hydrogen) atoms. The van der Waals surface area contributed by atoms with Gasteiger partial charge in [0.1, 0.15) is 10.8 Å². The lowest BCUT2D eigenvalue weighted by molar-refractivity contribution is -0.121. The van der Waals surface area contributed by atoms with Gasteiger partial charge in [-0.3, -0.25) is 4.79 Å². The van der Waals surface area contributed by atoms with Crippen LogP contribution in [-0.4, -0.2) is 10.9 Å². The van der Waals surface area contributed by atoms with Gasteiger partial charge in [-0.1, -0.05) is 43.3 Å². The zero-order chi connectivity index (χ0) is 18.4. The molecule has 133 valence electrons. The summed E-state index contributed by atoms with van der Waals surface area (Å²) in [4.78, 5) is 17.1. The number of halogens is 1. The average molecular weight is 367 g/mol. The minimum absolute atomic E-state index is 0.142. The highest BCUT2D eigenvalue weighted by Gasteiger charge is 2.19. The summed E-state index contributed by atoms with van der Waals surface area (Å²) < 4.78 is 13.3. The predicted molar refractivity (Wildman–Crippen MR) is 101 cm³/mol. The van der Waals surface area contributed by atoms with E-state index in [1.807, 2.05) is 29.6 Å². The van der Waals surface area contributed by atoms with Crippen molar-refractivity contribution < 1.29 is 9.18 Å². The van der Waals surface area contributed by atoms with E-state index in [0.29, 0.717) is 12.0 Å².